The van der Waals surface area contributed by atoms with Gasteiger partial charge < -0.3 is 14.8 Å². The molecule has 194 valence electrons. The van der Waals surface area contributed by atoms with Crippen LogP contribution >= 0.6 is 34.5 Å². The van der Waals surface area contributed by atoms with E-state index < -0.39 is 29.3 Å². The Balaban J connectivity index is 1.92. The number of rotatable bonds is 7. The van der Waals surface area contributed by atoms with E-state index in [-0.39, 0.29) is 13.2 Å². The van der Waals surface area contributed by atoms with Gasteiger partial charge in [-0.15, -0.1) is 11.3 Å². The van der Waals surface area contributed by atoms with Gasteiger partial charge in [0.05, 0.1) is 51.9 Å². The minimum absolute atomic E-state index is 0.203. The van der Waals surface area contributed by atoms with Gasteiger partial charge in [-0.1, -0.05) is 59.6 Å². The molecule has 0 fully saturated rings. The first-order valence-electron chi connectivity index (χ1n) is 12.0. The molecule has 1 aromatic heterocycles. The Morgan fingerprint density at radius 3 is 2.41 bits per heavy atom. The van der Waals surface area contributed by atoms with E-state index in [0.29, 0.717) is 32.0 Å². The first-order chi connectivity index (χ1) is 17.7. The highest BCUT2D eigenvalue weighted by Gasteiger charge is 2.54. The van der Waals surface area contributed by atoms with E-state index in [4.69, 9.17) is 37.7 Å². The molecule has 0 spiro atoms. The van der Waals surface area contributed by atoms with Crippen LogP contribution in [-0.4, -0.2) is 30.1 Å². The van der Waals surface area contributed by atoms with E-state index in [1.165, 1.54) is 11.3 Å². The average Bonchev–Trinajstić information content (AvgIpc) is 3.36. The molecule has 1 aliphatic rings. The van der Waals surface area contributed by atoms with Gasteiger partial charge in [0.15, 0.2) is 0 Å². The van der Waals surface area contributed by atoms with E-state index in [0.717, 1.165) is 11.1 Å². The Bertz CT molecular complexity index is 1340. The molecule has 2 heterocycles. The van der Waals surface area contributed by atoms with E-state index in [1.54, 1.807) is 26.0 Å². The molecule has 0 saturated carbocycles. The third-order valence-electron chi connectivity index (χ3n) is 6.53. The molecular formula is C28H28Cl2N2O4S. The Kier molecular flexibility index (Phi) is 8.26. The van der Waals surface area contributed by atoms with Crippen molar-refractivity contribution in [3.05, 3.63) is 85.8 Å². The summed E-state index contributed by atoms with van der Waals surface area (Å²) in [6, 6.07) is 15.0. The molecule has 0 saturated heterocycles. The normalized spacial score (nSPS) is 21.4. The number of carbonyl (C=O) groups is 2. The Morgan fingerprint density at radius 2 is 1.76 bits per heavy atom. The molecular weight excluding hydrogens is 531 g/mol. The van der Waals surface area contributed by atoms with E-state index >= 15 is 0 Å². The van der Waals surface area contributed by atoms with Crippen molar-refractivity contribution in [2.75, 3.05) is 13.2 Å². The summed E-state index contributed by atoms with van der Waals surface area (Å²) in [5.41, 5.74) is 2.45. The number of hydrogen-bond donors (Lipinski definition) is 1. The topological polar surface area (TPSA) is 77.5 Å². The van der Waals surface area contributed by atoms with Crippen LogP contribution in [0.25, 0.3) is 11.3 Å². The number of hydrogen-bond acceptors (Lipinski definition) is 7. The monoisotopic (exact) mass is 558 g/mol. The SMILES string of the molecule is CCOC(=O)C1=C(C)NC(C)(c2ccccc2)C(C(=O)OCC)C1c1nc(-c2ccc(Cl)c(Cl)c2)cs1. The summed E-state index contributed by atoms with van der Waals surface area (Å²) in [7, 11) is 0. The zero-order valence-electron chi connectivity index (χ0n) is 21.0. The fourth-order valence-electron chi connectivity index (χ4n) is 4.88. The van der Waals surface area contributed by atoms with Gasteiger partial charge in [0.2, 0.25) is 0 Å². The second-order valence-corrected chi connectivity index (χ2v) is 10.6. The maximum atomic E-state index is 13.7. The number of thiazole rings is 1. The Hall–Kier alpha value is -2.87. The van der Waals surface area contributed by atoms with Crippen LogP contribution in [-0.2, 0) is 24.6 Å². The lowest BCUT2D eigenvalue weighted by atomic mass is 9.67. The molecule has 9 heteroatoms. The molecule has 1 N–H and O–H groups in total. The lowest BCUT2D eigenvalue weighted by molar-refractivity contribution is -0.152. The van der Waals surface area contributed by atoms with Crippen molar-refractivity contribution in [3.63, 3.8) is 0 Å². The number of benzene rings is 2. The van der Waals surface area contributed by atoms with Gasteiger partial charge in [0.1, 0.15) is 5.01 Å². The third kappa shape index (κ3) is 5.26. The first kappa shape index (κ1) is 27.2. The standard InChI is InChI=1S/C28H28Cl2N2O4S/c1-5-35-26(33)22-16(3)32-28(4,18-10-8-7-9-11-18)24(27(34)36-6-2)23(22)25-31-21(15-37-25)17-12-13-19(29)20(30)14-17/h7-15,23-24,32H,5-6H2,1-4H3. The van der Waals surface area contributed by atoms with Crippen LogP contribution in [0.5, 0.6) is 0 Å². The highest BCUT2D eigenvalue weighted by atomic mass is 35.5. The van der Waals surface area contributed by atoms with Gasteiger partial charge >= 0.3 is 11.9 Å². The van der Waals surface area contributed by atoms with Crippen molar-refractivity contribution in [1.82, 2.24) is 10.3 Å². The summed E-state index contributed by atoms with van der Waals surface area (Å²) in [4.78, 5) is 31.9. The second kappa shape index (κ2) is 11.3. The van der Waals surface area contributed by atoms with Gasteiger partial charge in [-0.2, -0.15) is 0 Å². The van der Waals surface area contributed by atoms with Crippen LogP contribution in [0.2, 0.25) is 10.0 Å². The van der Waals surface area contributed by atoms with Crippen LogP contribution in [0.15, 0.2) is 65.2 Å². The average molecular weight is 560 g/mol. The summed E-state index contributed by atoms with van der Waals surface area (Å²) in [5.74, 6) is -2.42. The van der Waals surface area contributed by atoms with Crippen LogP contribution in [0.4, 0.5) is 0 Å². The fraction of sp³-hybridized carbons (Fsp3) is 0.321. The molecule has 0 radical (unpaired) electrons. The van der Waals surface area contributed by atoms with Gasteiger partial charge in [-0.05, 0) is 45.4 Å². The lowest BCUT2D eigenvalue weighted by Crippen LogP contribution is -2.55. The number of ether oxygens (including phenoxy) is 2. The predicted octanol–water partition coefficient (Wildman–Crippen LogP) is 6.74. The van der Waals surface area contributed by atoms with E-state index in [9.17, 15) is 9.59 Å². The highest BCUT2D eigenvalue weighted by molar-refractivity contribution is 7.10. The number of nitrogens with one attached hydrogen (secondary N) is 1. The molecule has 3 atom stereocenters. The minimum atomic E-state index is -0.881. The molecule has 2 aromatic carbocycles. The van der Waals surface area contributed by atoms with Crippen molar-refractivity contribution in [2.45, 2.75) is 39.2 Å². The third-order valence-corrected chi connectivity index (χ3v) is 8.20. The molecule has 37 heavy (non-hydrogen) atoms. The van der Waals surface area contributed by atoms with E-state index in [2.05, 4.69) is 5.32 Å². The van der Waals surface area contributed by atoms with Crippen LogP contribution in [0.1, 0.15) is 44.2 Å². The molecule has 0 aliphatic carbocycles. The van der Waals surface area contributed by atoms with Crippen LogP contribution in [0.3, 0.4) is 0 Å². The zero-order valence-corrected chi connectivity index (χ0v) is 23.3. The molecule has 3 unspecified atom stereocenters. The summed E-state index contributed by atoms with van der Waals surface area (Å²) in [5, 5.41) is 6.81. The maximum Gasteiger partial charge on any atom is 0.336 e. The summed E-state index contributed by atoms with van der Waals surface area (Å²) in [6.07, 6.45) is 0. The predicted molar refractivity (Wildman–Crippen MR) is 147 cm³/mol. The molecule has 0 amide bonds. The minimum Gasteiger partial charge on any atom is -0.466 e. The van der Waals surface area contributed by atoms with Gasteiger partial charge in [-0.25, -0.2) is 9.78 Å². The number of halogens is 2. The quantitative estimate of drug-likeness (QED) is 0.323. The largest absolute Gasteiger partial charge is 0.466 e. The van der Waals surface area contributed by atoms with Gasteiger partial charge in [0.25, 0.3) is 0 Å². The number of allylic oxidation sites excluding steroid dienone is 1. The van der Waals surface area contributed by atoms with Crippen molar-refractivity contribution in [3.8, 4) is 11.3 Å². The number of esters is 2. The molecule has 1 aliphatic heterocycles. The number of carbonyl (C=O) groups excluding carboxylic acids is 2. The Morgan fingerprint density at radius 1 is 1.05 bits per heavy atom. The second-order valence-electron chi connectivity index (χ2n) is 8.86. The zero-order chi connectivity index (χ0) is 26.7. The van der Waals surface area contributed by atoms with Crippen molar-refractivity contribution >= 4 is 46.5 Å². The van der Waals surface area contributed by atoms with Crippen LogP contribution < -0.4 is 5.32 Å². The lowest BCUT2D eigenvalue weighted by Gasteiger charge is -2.46. The van der Waals surface area contributed by atoms with Crippen molar-refractivity contribution < 1.29 is 19.1 Å². The van der Waals surface area contributed by atoms with Crippen LogP contribution in [0, 0.1) is 5.92 Å². The van der Waals surface area contributed by atoms with Gasteiger partial charge in [-0.3, -0.25) is 4.79 Å². The molecule has 4 rings (SSSR count). The van der Waals surface area contributed by atoms with Crippen molar-refractivity contribution in [2.24, 2.45) is 5.92 Å². The van der Waals surface area contributed by atoms with E-state index in [1.807, 2.05) is 55.6 Å². The molecule has 3 aromatic rings. The fourth-order valence-corrected chi connectivity index (χ4v) is 6.15. The number of nitrogens with zero attached hydrogens (tertiary/aromatic N) is 1. The Labute approximate surface area is 230 Å². The van der Waals surface area contributed by atoms with Gasteiger partial charge in [0, 0.05) is 16.6 Å². The smallest absolute Gasteiger partial charge is 0.336 e. The van der Waals surface area contributed by atoms with Crippen molar-refractivity contribution in [1.29, 1.82) is 0 Å². The first-order valence-corrected chi connectivity index (χ1v) is 13.6. The summed E-state index contributed by atoms with van der Waals surface area (Å²) in [6.45, 7) is 7.71. The summed E-state index contributed by atoms with van der Waals surface area (Å²) < 4.78 is 11.0. The highest BCUT2D eigenvalue weighted by Crippen LogP contribution is 2.49. The summed E-state index contributed by atoms with van der Waals surface area (Å²) >= 11 is 13.7. The maximum absolute atomic E-state index is 13.7. The number of aromatic nitrogens is 1. The molecule has 0 bridgehead atoms. The molecule has 6 nitrogen and oxygen atoms in total.